The Morgan fingerprint density at radius 1 is 0.504 bits per heavy atom. The van der Waals surface area contributed by atoms with Gasteiger partial charge in [0.05, 0.1) is 26.6 Å². The van der Waals surface area contributed by atoms with E-state index < -0.39 is 40.3 Å². The van der Waals surface area contributed by atoms with Gasteiger partial charge >= 0.3 is 47.1 Å². The van der Waals surface area contributed by atoms with Gasteiger partial charge < -0.3 is 64.6 Å². The molecule has 0 bridgehead atoms. The molecule has 4 aliphatic rings. The zero-order valence-electron chi connectivity index (χ0n) is 66.2. The van der Waals surface area contributed by atoms with Crippen LogP contribution >= 0.6 is 69.6 Å². The van der Waals surface area contributed by atoms with E-state index in [1.165, 1.54) is 24.3 Å². The van der Waals surface area contributed by atoms with Crippen LogP contribution in [0.1, 0.15) is 147 Å². The number of carbonyl (C=O) groups is 4. The van der Waals surface area contributed by atoms with E-state index in [0.29, 0.717) is 147 Å². The number of carbonyl (C=O) groups excluding carboxylic acids is 4. The Kier molecular flexibility index (Phi) is 32.2. The molecule has 0 radical (unpaired) electrons. The summed E-state index contributed by atoms with van der Waals surface area (Å²) in [6.07, 6.45) is 4.30. The highest BCUT2D eigenvalue weighted by Gasteiger charge is 2.35. The van der Waals surface area contributed by atoms with Crippen molar-refractivity contribution in [2.75, 3.05) is 75.3 Å². The third kappa shape index (κ3) is 28.8. The third-order valence-electron chi connectivity index (χ3n) is 17.4. The first-order valence-electron chi connectivity index (χ1n) is 36.9. The Labute approximate surface area is 686 Å². The standard InChI is InChI=1S/C22H35ClN4O4Si.C16H21ClN4O3.C15H21ClN4O4.C15H23ClN4O2.C5H2Cl2N2O2/c1-22(2,3)31-21(29)25-11-9-16(10-12-25)27-19-17(7-8-18(23)24-19)26(20(27)28)15-30-13-14-32(4,5)6;1-16(2,3)24-15(23)20-8-6-10(7-9-20)21-13-11(18-14(21)22)4-5-12(17)19-13;1-15(2,3)24-14(21)19-8-6-10(7-9-19)17-13-11(20(22)23)4-5-12(16)18-13;1-15(2,3)22-14(21)20-8-6-10(7-9-20)18-13-11(17)4-5-12(16)19-13;6-4-2-1-3(9(10)11)5(7)8-4/h7-8,16H,9-15H2,1-6H3;4-5,10H,6-9H2,1-3H3,(H,18,22);4-5,10H,6-9H2,1-3H3,(H,17,18);4-5,10H,6-9,17H2,1-3H3,(H,18,19);1-2H. The predicted molar refractivity (Wildman–Crippen MR) is 440 cm³/mol. The number of aromatic nitrogens is 9. The van der Waals surface area contributed by atoms with Crippen molar-refractivity contribution in [3.05, 3.63) is 133 Å². The maximum Gasteiger partial charge on any atom is 0.410 e. The number of likely N-dealkylation sites (tertiary alicyclic amines) is 4. The number of fused-ring (bicyclic) bond motifs is 2. The lowest BCUT2D eigenvalue weighted by Gasteiger charge is -2.34. The van der Waals surface area contributed by atoms with Crippen LogP contribution in [0.5, 0.6) is 0 Å². The van der Waals surface area contributed by atoms with E-state index in [9.17, 15) is 49.0 Å². The molecule has 0 aliphatic carbocycles. The molecule has 0 saturated carbocycles. The van der Waals surface area contributed by atoms with Crippen molar-refractivity contribution in [1.29, 1.82) is 0 Å². The third-order valence-corrected chi connectivity index (χ3v) is 20.4. The number of rotatable bonds is 13. The second kappa shape index (κ2) is 39.7. The smallest absolute Gasteiger partial charge is 0.410 e. The van der Waals surface area contributed by atoms with Gasteiger partial charge in [-0.1, -0.05) is 89.2 Å². The summed E-state index contributed by atoms with van der Waals surface area (Å²) >= 11 is 34.6. The molecule has 11 rings (SSSR count). The highest BCUT2D eigenvalue weighted by Crippen LogP contribution is 2.32. The van der Waals surface area contributed by atoms with Crippen LogP contribution in [0.3, 0.4) is 0 Å². The molecule has 620 valence electrons. The molecular weight excluding hydrogens is 1610 g/mol. The van der Waals surface area contributed by atoms with Crippen LogP contribution < -0.4 is 27.7 Å². The van der Waals surface area contributed by atoms with Crippen LogP contribution in [0.2, 0.25) is 56.6 Å². The summed E-state index contributed by atoms with van der Waals surface area (Å²) < 4.78 is 32.5. The lowest BCUT2D eigenvalue weighted by Crippen LogP contribution is -2.44. The van der Waals surface area contributed by atoms with Crippen molar-refractivity contribution in [2.24, 2.45) is 0 Å². The van der Waals surface area contributed by atoms with E-state index in [0.717, 1.165) is 18.9 Å². The van der Waals surface area contributed by atoms with E-state index in [-0.39, 0.29) is 99.3 Å². The Hall–Kier alpha value is -8.51. The van der Waals surface area contributed by atoms with Crippen LogP contribution in [0, 0.1) is 20.2 Å². The van der Waals surface area contributed by atoms with Crippen molar-refractivity contribution in [3.8, 4) is 0 Å². The monoisotopic (exact) mass is 1710 g/mol. The number of H-pyrrole nitrogens is 1. The molecule has 4 saturated heterocycles. The number of imidazole rings is 2. The molecule has 113 heavy (non-hydrogen) atoms. The molecule has 40 heteroatoms. The van der Waals surface area contributed by atoms with Crippen molar-refractivity contribution < 1.29 is 52.7 Å². The molecule has 0 spiro atoms. The summed E-state index contributed by atoms with van der Waals surface area (Å²) in [6, 6.07) is 16.7. The minimum Gasteiger partial charge on any atom is -0.444 e. The lowest BCUT2D eigenvalue weighted by molar-refractivity contribution is -0.385. The molecule has 0 unspecified atom stereocenters. The number of ether oxygens (including phenoxy) is 5. The normalized spacial score (nSPS) is 15.6. The average Bonchev–Trinajstić information content (AvgIpc) is 1.62. The summed E-state index contributed by atoms with van der Waals surface area (Å²) in [6.45, 7) is 34.3. The fraction of sp³-hybridized carbons (Fsp3) is 0.575. The minimum atomic E-state index is -1.21. The van der Waals surface area contributed by atoms with E-state index in [1.54, 1.807) is 63.6 Å². The lowest BCUT2D eigenvalue weighted by atomic mass is 10.1. The Balaban J connectivity index is 0.000000201. The van der Waals surface area contributed by atoms with Gasteiger partial charge in [-0.15, -0.1) is 0 Å². The number of nitrogens with two attached hydrogens (primary N) is 1. The van der Waals surface area contributed by atoms with Gasteiger partial charge in [0.2, 0.25) is 11.0 Å². The summed E-state index contributed by atoms with van der Waals surface area (Å²) in [7, 11) is -1.21. The average molecular weight is 1710 g/mol. The van der Waals surface area contributed by atoms with Crippen LogP contribution in [-0.4, -0.2) is 199 Å². The van der Waals surface area contributed by atoms with Gasteiger partial charge in [0.25, 0.3) is 0 Å². The van der Waals surface area contributed by atoms with Crippen LogP contribution in [-0.2, 0) is 30.4 Å². The highest BCUT2D eigenvalue weighted by atomic mass is 35.5. The molecule has 4 amide bonds. The predicted octanol–water partition coefficient (Wildman–Crippen LogP) is 16.6. The highest BCUT2D eigenvalue weighted by molar-refractivity contribution is 6.76. The quantitative estimate of drug-likeness (QED) is 0.0208. The van der Waals surface area contributed by atoms with Crippen LogP contribution in [0.15, 0.2) is 70.3 Å². The Morgan fingerprint density at radius 3 is 1.29 bits per heavy atom. The van der Waals surface area contributed by atoms with E-state index in [1.807, 2.05) is 89.2 Å². The molecule has 0 aromatic carbocycles. The molecule has 0 atom stereocenters. The Morgan fingerprint density at radius 2 is 0.867 bits per heavy atom. The van der Waals surface area contributed by atoms with E-state index in [2.05, 4.69) is 60.2 Å². The van der Waals surface area contributed by atoms with Crippen molar-refractivity contribution in [1.82, 2.24) is 63.2 Å². The van der Waals surface area contributed by atoms with E-state index >= 15 is 0 Å². The molecule has 4 aliphatic heterocycles. The van der Waals surface area contributed by atoms with Crippen molar-refractivity contribution in [2.45, 2.75) is 213 Å². The summed E-state index contributed by atoms with van der Waals surface area (Å²) in [4.78, 5) is 124. The maximum atomic E-state index is 13.4. The number of nitrogens with one attached hydrogen (secondary N) is 3. The van der Waals surface area contributed by atoms with Gasteiger partial charge in [-0.2, -0.15) is 0 Å². The van der Waals surface area contributed by atoms with Gasteiger partial charge in [-0.25, -0.2) is 53.7 Å². The number of aromatic amines is 1. The number of amides is 4. The van der Waals surface area contributed by atoms with Gasteiger partial charge in [0.15, 0.2) is 17.1 Å². The number of nitrogens with zero attached hydrogens (tertiary/aromatic N) is 14. The number of anilines is 3. The summed E-state index contributed by atoms with van der Waals surface area (Å²) in [5.41, 5.74) is 6.20. The minimum absolute atomic E-state index is 0.0177. The molecule has 7 aromatic heterocycles. The van der Waals surface area contributed by atoms with Gasteiger partial charge in [0, 0.05) is 103 Å². The molecule has 5 N–H and O–H groups in total. The first-order chi connectivity index (χ1) is 52.6. The fourth-order valence-corrected chi connectivity index (χ4v) is 13.7. The largest absolute Gasteiger partial charge is 0.444 e. The SMILES string of the molecule is CC(C)(C)OC(=O)N1CCC(Nc2nc(Cl)ccc2N)CC1.CC(C)(C)OC(=O)N1CCC(Nc2nc(Cl)ccc2[N+](=O)[O-])CC1.CC(C)(C)OC(=O)N1CCC(n2c(=O)[nH]c3ccc(Cl)nc32)CC1.CC(C)(C)OC(=O)N1CCC(n2c(=O)n(COCC[Si](C)(C)C)c3ccc(Cl)nc32)CC1.O=[N+]([O-])c1ccc(Cl)nc1Cl. The molecule has 4 fully saturated rings. The molecular formula is C73H102Cl6N18O15Si. The van der Waals surface area contributed by atoms with Crippen LogP contribution in [0.4, 0.5) is 47.9 Å². The maximum absolute atomic E-state index is 13.4. The van der Waals surface area contributed by atoms with Crippen molar-refractivity contribution in [3.63, 3.8) is 0 Å². The second-order valence-corrected chi connectivity index (χ2v) is 40.3. The zero-order chi connectivity index (χ0) is 83.8. The topological polar surface area (TPSA) is 393 Å². The number of hydrogen-bond acceptors (Lipinski definition) is 23. The number of nitrogen functional groups attached to an aromatic ring is 1. The van der Waals surface area contributed by atoms with Crippen molar-refractivity contribution >= 4 is 153 Å². The second-order valence-electron chi connectivity index (χ2n) is 32.4. The van der Waals surface area contributed by atoms with Crippen LogP contribution in [0.25, 0.3) is 22.3 Å². The zero-order valence-corrected chi connectivity index (χ0v) is 71.8. The Bertz CT molecular complexity index is 4580. The first kappa shape index (κ1) is 91.7. The first-order valence-corrected chi connectivity index (χ1v) is 42.8. The molecule has 11 heterocycles. The summed E-state index contributed by atoms with van der Waals surface area (Å²) in [5, 5.41) is 28.8. The number of nitro groups is 2. The fourth-order valence-electron chi connectivity index (χ4n) is 11.9. The van der Waals surface area contributed by atoms with Gasteiger partial charge in [0.1, 0.15) is 54.9 Å². The van der Waals surface area contributed by atoms with E-state index in [4.69, 9.17) is 99.0 Å². The number of piperidine rings is 4. The molecule has 7 aromatic rings. The number of hydrogen-bond donors (Lipinski definition) is 4. The number of halogens is 6. The van der Waals surface area contributed by atoms with Gasteiger partial charge in [-0.3, -0.25) is 33.9 Å². The summed E-state index contributed by atoms with van der Waals surface area (Å²) in [5.74, 6) is 0.756. The van der Waals surface area contributed by atoms with Gasteiger partial charge in [-0.05, 0) is 189 Å². The molecule has 33 nitrogen and oxygen atoms in total. The number of pyridine rings is 5.